The number of nitrogens with two attached hydrogens (primary N) is 1. The van der Waals surface area contributed by atoms with Gasteiger partial charge in [0.1, 0.15) is 5.82 Å². The second-order valence-electron chi connectivity index (χ2n) is 4.39. The van der Waals surface area contributed by atoms with Gasteiger partial charge in [-0.25, -0.2) is 9.37 Å². The van der Waals surface area contributed by atoms with Crippen LogP contribution in [0.4, 0.5) is 10.3 Å². The Bertz CT molecular complexity index is 780. The van der Waals surface area contributed by atoms with E-state index in [9.17, 15) is 4.39 Å². The molecule has 1 aromatic heterocycles. The first kappa shape index (κ1) is 12.0. The lowest BCUT2D eigenvalue weighted by molar-refractivity contribution is 0.627. The summed E-state index contributed by atoms with van der Waals surface area (Å²) in [5.74, 6) is -0.0825. The zero-order valence-electron chi connectivity index (χ0n) is 10.2. The fourth-order valence-electron chi connectivity index (χ4n) is 2.12. The monoisotopic (exact) mass is 275 g/mol. The number of fused-ring (bicyclic) bond motifs is 1. The average Bonchev–Trinajstić information content (AvgIpc) is 2.67. The summed E-state index contributed by atoms with van der Waals surface area (Å²) in [5.41, 5.74) is 9.07. The maximum absolute atomic E-state index is 13.4. The van der Waals surface area contributed by atoms with Crippen molar-refractivity contribution in [2.24, 2.45) is 0 Å². The highest BCUT2D eigenvalue weighted by Gasteiger charge is 2.13. The largest absolute Gasteiger partial charge is 0.369 e. The third-order valence-electron chi connectivity index (χ3n) is 2.99. The minimum atomic E-state index is -0.368. The molecule has 0 unspecified atom stereocenters. The minimum Gasteiger partial charge on any atom is -0.369 e. The first-order valence-corrected chi connectivity index (χ1v) is 6.14. The van der Waals surface area contributed by atoms with E-state index in [1.165, 1.54) is 18.2 Å². The number of hydrogen-bond acceptors (Lipinski definition) is 2. The molecule has 0 bridgehead atoms. The molecule has 5 heteroatoms. The van der Waals surface area contributed by atoms with Gasteiger partial charge in [0.05, 0.1) is 21.7 Å². The molecule has 19 heavy (non-hydrogen) atoms. The number of halogens is 2. The number of aromatic nitrogens is 2. The van der Waals surface area contributed by atoms with Crippen LogP contribution in [-0.2, 0) is 0 Å². The van der Waals surface area contributed by atoms with Crippen molar-refractivity contribution < 1.29 is 4.39 Å². The molecule has 2 aromatic carbocycles. The third-order valence-corrected chi connectivity index (χ3v) is 3.30. The smallest absolute Gasteiger partial charge is 0.205 e. The summed E-state index contributed by atoms with van der Waals surface area (Å²) in [6, 6.07) is 9.94. The molecule has 0 aliphatic heterocycles. The molecule has 1 heterocycles. The van der Waals surface area contributed by atoms with Gasteiger partial charge in [0.15, 0.2) is 0 Å². The molecule has 0 atom stereocenters. The van der Waals surface area contributed by atoms with Crippen molar-refractivity contribution in [2.75, 3.05) is 5.73 Å². The molecule has 0 aliphatic carbocycles. The number of benzene rings is 2. The Morgan fingerprint density at radius 3 is 2.79 bits per heavy atom. The van der Waals surface area contributed by atoms with Gasteiger partial charge in [0.25, 0.3) is 0 Å². The first-order chi connectivity index (χ1) is 9.06. The van der Waals surface area contributed by atoms with Crippen LogP contribution in [0.25, 0.3) is 16.7 Å². The van der Waals surface area contributed by atoms with Crippen LogP contribution in [0.15, 0.2) is 36.4 Å². The molecular formula is C14H11ClFN3. The van der Waals surface area contributed by atoms with Crippen LogP contribution in [0.1, 0.15) is 5.56 Å². The Morgan fingerprint density at radius 2 is 2.00 bits per heavy atom. The summed E-state index contributed by atoms with van der Waals surface area (Å²) in [5, 5.41) is 0.424. The van der Waals surface area contributed by atoms with Gasteiger partial charge in [-0.15, -0.1) is 0 Å². The summed E-state index contributed by atoms with van der Waals surface area (Å²) in [6.07, 6.45) is 0. The molecule has 0 fully saturated rings. The van der Waals surface area contributed by atoms with Gasteiger partial charge in [0, 0.05) is 0 Å². The molecule has 96 valence electrons. The number of nitrogens with zero attached hydrogens (tertiary/aromatic N) is 2. The van der Waals surface area contributed by atoms with Crippen LogP contribution in [0.2, 0.25) is 5.02 Å². The lowest BCUT2D eigenvalue weighted by Crippen LogP contribution is -2.01. The van der Waals surface area contributed by atoms with Crippen molar-refractivity contribution >= 4 is 28.6 Å². The van der Waals surface area contributed by atoms with E-state index < -0.39 is 0 Å². The minimum absolute atomic E-state index is 0.285. The number of imidazole rings is 1. The molecule has 0 spiro atoms. The molecular weight excluding hydrogens is 265 g/mol. The Morgan fingerprint density at radius 1 is 1.21 bits per heavy atom. The second-order valence-corrected chi connectivity index (χ2v) is 4.80. The maximum Gasteiger partial charge on any atom is 0.205 e. The van der Waals surface area contributed by atoms with Gasteiger partial charge in [-0.2, -0.15) is 0 Å². The van der Waals surface area contributed by atoms with Crippen molar-refractivity contribution in [1.29, 1.82) is 0 Å². The maximum atomic E-state index is 13.4. The highest BCUT2D eigenvalue weighted by molar-refractivity contribution is 6.32. The van der Waals surface area contributed by atoms with E-state index in [0.29, 0.717) is 10.7 Å². The zero-order valence-corrected chi connectivity index (χ0v) is 10.9. The normalized spacial score (nSPS) is 11.1. The molecule has 0 saturated carbocycles. The van der Waals surface area contributed by atoms with E-state index >= 15 is 0 Å². The van der Waals surface area contributed by atoms with Crippen LogP contribution in [0.5, 0.6) is 0 Å². The lowest BCUT2D eigenvalue weighted by Gasteiger charge is -2.08. The van der Waals surface area contributed by atoms with Gasteiger partial charge in [-0.1, -0.05) is 17.7 Å². The number of anilines is 1. The molecule has 2 N–H and O–H groups in total. The average molecular weight is 276 g/mol. The molecule has 3 aromatic rings. The molecule has 3 rings (SSSR count). The van der Waals surface area contributed by atoms with E-state index in [0.717, 1.165) is 16.6 Å². The van der Waals surface area contributed by atoms with Crippen LogP contribution < -0.4 is 5.73 Å². The molecule has 0 radical (unpaired) electrons. The van der Waals surface area contributed by atoms with Gasteiger partial charge in [0.2, 0.25) is 5.95 Å². The van der Waals surface area contributed by atoms with Crippen molar-refractivity contribution in [2.45, 2.75) is 6.92 Å². The summed E-state index contributed by atoms with van der Waals surface area (Å²) < 4.78 is 15.1. The quantitative estimate of drug-likeness (QED) is 0.736. The number of hydrogen-bond donors (Lipinski definition) is 1. The van der Waals surface area contributed by atoms with Crippen LogP contribution in [0, 0.1) is 12.7 Å². The first-order valence-electron chi connectivity index (χ1n) is 5.76. The summed E-state index contributed by atoms with van der Waals surface area (Å²) >= 11 is 6.12. The highest BCUT2D eigenvalue weighted by Crippen LogP contribution is 2.28. The van der Waals surface area contributed by atoms with Crippen molar-refractivity contribution in [3.05, 3.63) is 52.8 Å². The van der Waals surface area contributed by atoms with E-state index in [1.807, 2.05) is 25.1 Å². The topological polar surface area (TPSA) is 43.8 Å². The third kappa shape index (κ3) is 1.94. The summed E-state index contributed by atoms with van der Waals surface area (Å²) in [6.45, 7) is 1.98. The summed E-state index contributed by atoms with van der Waals surface area (Å²) in [4.78, 5) is 4.28. The van der Waals surface area contributed by atoms with Crippen LogP contribution in [0.3, 0.4) is 0 Å². The van der Waals surface area contributed by atoms with E-state index in [1.54, 1.807) is 4.57 Å². The molecule has 3 nitrogen and oxygen atoms in total. The van der Waals surface area contributed by atoms with Crippen molar-refractivity contribution in [1.82, 2.24) is 9.55 Å². The van der Waals surface area contributed by atoms with Gasteiger partial charge in [-0.3, -0.25) is 4.57 Å². The predicted octanol–water partition coefficient (Wildman–Crippen LogP) is 3.71. The second kappa shape index (κ2) is 4.24. The standard InChI is InChI=1S/C14H11ClFN3/c1-8-2-5-12-11(6-8)18-14(17)19(12)13-7-9(16)3-4-10(13)15/h2-7H,1H3,(H2,17,18). The van der Waals surface area contributed by atoms with Crippen LogP contribution >= 0.6 is 11.6 Å². The van der Waals surface area contributed by atoms with Crippen molar-refractivity contribution in [3.63, 3.8) is 0 Å². The number of nitrogen functional groups attached to an aromatic ring is 1. The van der Waals surface area contributed by atoms with E-state index in [-0.39, 0.29) is 11.8 Å². The Kier molecular flexibility index (Phi) is 2.68. The van der Waals surface area contributed by atoms with E-state index in [2.05, 4.69) is 4.98 Å². The fraction of sp³-hybridized carbons (Fsp3) is 0.0714. The van der Waals surface area contributed by atoms with Crippen molar-refractivity contribution in [3.8, 4) is 5.69 Å². The highest BCUT2D eigenvalue weighted by atomic mass is 35.5. The SMILES string of the molecule is Cc1ccc2c(c1)nc(N)n2-c1cc(F)ccc1Cl. The number of aryl methyl sites for hydroxylation is 1. The van der Waals surface area contributed by atoms with Crippen LogP contribution in [-0.4, -0.2) is 9.55 Å². The van der Waals surface area contributed by atoms with E-state index in [4.69, 9.17) is 17.3 Å². The fourth-order valence-corrected chi connectivity index (χ4v) is 2.32. The van der Waals surface area contributed by atoms with Gasteiger partial charge < -0.3 is 5.73 Å². The van der Waals surface area contributed by atoms with Gasteiger partial charge in [-0.05, 0) is 42.8 Å². The Hall–Kier alpha value is -2.07. The molecule has 0 saturated heterocycles. The molecule has 0 amide bonds. The number of rotatable bonds is 1. The van der Waals surface area contributed by atoms with Gasteiger partial charge >= 0.3 is 0 Å². The zero-order chi connectivity index (χ0) is 13.6. The predicted molar refractivity (Wildman–Crippen MR) is 75.2 cm³/mol. The lowest BCUT2D eigenvalue weighted by atomic mass is 10.2. The molecule has 0 aliphatic rings. The Labute approximate surface area is 114 Å². The summed E-state index contributed by atoms with van der Waals surface area (Å²) in [7, 11) is 0. The Balaban J connectivity index is 2.36.